The van der Waals surface area contributed by atoms with Gasteiger partial charge in [0.15, 0.2) is 11.7 Å². The van der Waals surface area contributed by atoms with Crippen LogP contribution in [0.2, 0.25) is 0 Å². The summed E-state index contributed by atoms with van der Waals surface area (Å²) in [6.07, 6.45) is 1.87. The number of anilines is 1. The number of carbonyl (C=O) groups is 2. The van der Waals surface area contributed by atoms with Gasteiger partial charge in [0, 0.05) is 20.3 Å². The summed E-state index contributed by atoms with van der Waals surface area (Å²) in [7, 11) is 3.09. The Morgan fingerprint density at radius 1 is 1.40 bits per heavy atom. The Bertz CT molecular complexity index is 823. The fourth-order valence-electron chi connectivity index (χ4n) is 2.43. The van der Waals surface area contributed by atoms with Crippen LogP contribution < -0.4 is 10.6 Å². The van der Waals surface area contributed by atoms with Gasteiger partial charge in [-0.1, -0.05) is 6.92 Å². The van der Waals surface area contributed by atoms with Gasteiger partial charge in [-0.15, -0.1) is 0 Å². The van der Waals surface area contributed by atoms with Gasteiger partial charge in [-0.05, 0) is 18.3 Å². The van der Waals surface area contributed by atoms with Crippen LogP contribution in [-0.4, -0.2) is 43.3 Å². The van der Waals surface area contributed by atoms with Crippen LogP contribution in [0.4, 0.5) is 11.5 Å². The van der Waals surface area contributed by atoms with E-state index in [9.17, 15) is 19.7 Å². The molecule has 0 radical (unpaired) electrons. The van der Waals surface area contributed by atoms with Crippen molar-refractivity contribution in [3.8, 4) is 0 Å². The monoisotopic (exact) mass is 349 g/mol. The van der Waals surface area contributed by atoms with Crippen LogP contribution >= 0.6 is 0 Å². The minimum Gasteiger partial charge on any atom is -0.358 e. The third-order valence-corrected chi connectivity index (χ3v) is 3.61. The Morgan fingerprint density at radius 3 is 2.60 bits per heavy atom. The lowest BCUT2D eigenvalue weighted by Crippen LogP contribution is -2.28. The number of hydrogen-bond acceptors (Lipinski definition) is 6. The maximum atomic E-state index is 12.6. The van der Waals surface area contributed by atoms with E-state index in [0.29, 0.717) is 12.1 Å². The number of nitrogens with one attached hydrogen (secondary N) is 2. The Hall–Kier alpha value is -3.24. The number of carbonyl (C=O) groups excluding carboxylic acids is 2. The van der Waals surface area contributed by atoms with Crippen molar-refractivity contribution in [1.82, 2.24) is 24.9 Å². The van der Waals surface area contributed by atoms with Gasteiger partial charge >= 0.3 is 5.82 Å². The van der Waals surface area contributed by atoms with Gasteiger partial charge in [0.25, 0.3) is 11.8 Å². The summed E-state index contributed by atoms with van der Waals surface area (Å²) in [6, 6.07) is 0.544. The summed E-state index contributed by atoms with van der Waals surface area (Å²) in [5, 5.41) is 23.9. The van der Waals surface area contributed by atoms with Crippen LogP contribution in [0.1, 0.15) is 35.6 Å². The molecule has 11 nitrogen and oxygen atoms in total. The predicted molar refractivity (Wildman–Crippen MR) is 88.2 cm³/mol. The van der Waals surface area contributed by atoms with Crippen molar-refractivity contribution in [1.29, 1.82) is 0 Å². The van der Waals surface area contributed by atoms with E-state index in [1.165, 1.54) is 28.7 Å². The second-order valence-electron chi connectivity index (χ2n) is 5.40. The number of hydrogen-bond donors (Lipinski definition) is 2. The Labute approximate surface area is 143 Å². The van der Waals surface area contributed by atoms with Crippen LogP contribution in [0.15, 0.2) is 12.3 Å². The van der Waals surface area contributed by atoms with E-state index >= 15 is 0 Å². The molecule has 1 atom stereocenters. The molecular formula is C14H19N7O4. The third-order valence-electron chi connectivity index (χ3n) is 3.61. The number of aromatic nitrogens is 4. The first kappa shape index (κ1) is 18.1. The lowest BCUT2D eigenvalue weighted by molar-refractivity contribution is -0.389. The van der Waals surface area contributed by atoms with E-state index in [1.54, 1.807) is 20.9 Å². The highest BCUT2D eigenvalue weighted by molar-refractivity contribution is 6.02. The van der Waals surface area contributed by atoms with E-state index < -0.39 is 22.8 Å². The summed E-state index contributed by atoms with van der Waals surface area (Å²) in [6.45, 7) is 3.40. The molecular weight excluding hydrogens is 330 g/mol. The zero-order chi connectivity index (χ0) is 18.7. The van der Waals surface area contributed by atoms with Crippen LogP contribution in [0.25, 0.3) is 0 Å². The molecule has 0 aliphatic carbocycles. The molecule has 0 saturated carbocycles. The van der Waals surface area contributed by atoms with Crippen LogP contribution in [0.5, 0.6) is 0 Å². The van der Waals surface area contributed by atoms with Gasteiger partial charge in [0.05, 0.1) is 22.5 Å². The lowest BCUT2D eigenvalue weighted by atomic mass is 10.2. The van der Waals surface area contributed by atoms with E-state index in [0.717, 1.165) is 0 Å². The third kappa shape index (κ3) is 3.65. The largest absolute Gasteiger partial charge is 0.390 e. The summed E-state index contributed by atoms with van der Waals surface area (Å²) in [4.78, 5) is 34.7. The van der Waals surface area contributed by atoms with Crippen LogP contribution in [-0.2, 0) is 11.8 Å². The zero-order valence-corrected chi connectivity index (χ0v) is 14.3. The molecule has 0 spiro atoms. The molecule has 2 aromatic rings. The first-order valence-corrected chi connectivity index (χ1v) is 7.55. The standard InChI is InChI=1S/C14H19N7O4/c1-5-10(20-8(2)6-11(17-20)21(24)25)13(22)16-9-7-19(4)18-12(9)14(23)15-3/h6-7,10H,5H2,1-4H3,(H,15,23)(H,16,22). The van der Waals surface area contributed by atoms with Crippen molar-refractivity contribution >= 4 is 23.3 Å². The van der Waals surface area contributed by atoms with Crippen molar-refractivity contribution in [2.75, 3.05) is 12.4 Å². The highest BCUT2D eigenvalue weighted by Crippen LogP contribution is 2.21. The van der Waals surface area contributed by atoms with Crippen molar-refractivity contribution in [3.63, 3.8) is 0 Å². The van der Waals surface area contributed by atoms with Crippen LogP contribution in [0, 0.1) is 17.0 Å². The number of nitrogens with zero attached hydrogens (tertiary/aromatic N) is 5. The van der Waals surface area contributed by atoms with E-state index in [-0.39, 0.29) is 17.2 Å². The summed E-state index contributed by atoms with van der Waals surface area (Å²) >= 11 is 0. The van der Waals surface area contributed by atoms with E-state index in [4.69, 9.17) is 0 Å². The molecule has 0 aliphatic rings. The van der Waals surface area contributed by atoms with Crippen LogP contribution in [0.3, 0.4) is 0 Å². The number of nitro groups is 1. The number of aryl methyl sites for hydroxylation is 2. The van der Waals surface area contributed by atoms with Crippen molar-refractivity contribution in [3.05, 3.63) is 33.8 Å². The van der Waals surface area contributed by atoms with Crippen molar-refractivity contribution < 1.29 is 14.5 Å². The van der Waals surface area contributed by atoms with Gasteiger partial charge < -0.3 is 20.7 Å². The van der Waals surface area contributed by atoms with Gasteiger partial charge in [0.2, 0.25) is 0 Å². The van der Waals surface area contributed by atoms with E-state index in [2.05, 4.69) is 20.8 Å². The predicted octanol–water partition coefficient (Wildman–Crippen LogP) is 0.783. The first-order valence-electron chi connectivity index (χ1n) is 7.55. The zero-order valence-electron chi connectivity index (χ0n) is 14.3. The molecule has 2 amide bonds. The summed E-state index contributed by atoms with van der Waals surface area (Å²) in [5.41, 5.74) is 0.826. The Kier molecular flexibility index (Phi) is 5.15. The lowest BCUT2D eigenvalue weighted by Gasteiger charge is -2.14. The molecule has 2 heterocycles. The Morgan fingerprint density at radius 2 is 2.08 bits per heavy atom. The fraction of sp³-hybridized carbons (Fsp3) is 0.429. The van der Waals surface area contributed by atoms with Gasteiger partial charge in [0.1, 0.15) is 0 Å². The highest BCUT2D eigenvalue weighted by Gasteiger charge is 2.28. The fourth-order valence-corrected chi connectivity index (χ4v) is 2.43. The van der Waals surface area contributed by atoms with Crippen molar-refractivity contribution in [2.45, 2.75) is 26.3 Å². The minimum atomic E-state index is -0.758. The number of amides is 2. The average molecular weight is 349 g/mol. The maximum Gasteiger partial charge on any atom is 0.390 e. The molecule has 0 aliphatic heterocycles. The second-order valence-corrected chi connectivity index (χ2v) is 5.40. The number of rotatable bonds is 6. The summed E-state index contributed by atoms with van der Waals surface area (Å²) in [5.74, 6) is -1.20. The molecule has 25 heavy (non-hydrogen) atoms. The Balaban J connectivity index is 2.30. The smallest absolute Gasteiger partial charge is 0.358 e. The highest BCUT2D eigenvalue weighted by atomic mass is 16.6. The SMILES string of the molecule is CCC(C(=O)Nc1cn(C)nc1C(=O)NC)n1nc([N+](=O)[O-])cc1C. The van der Waals surface area contributed by atoms with Gasteiger partial charge in [-0.3, -0.25) is 14.3 Å². The molecule has 0 bridgehead atoms. The molecule has 2 rings (SSSR count). The normalized spacial score (nSPS) is 11.8. The van der Waals surface area contributed by atoms with E-state index in [1.807, 2.05) is 0 Å². The molecule has 2 aromatic heterocycles. The summed E-state index contributed by atoms with van der Waals surface area (Å²) < 4.78 is 2.72. The second kappa shape index (κ2) is 7.11. The molecule has 11 heteroatoms. The molecule has 0 fully saturated rings. The van der Waals surface area contributed by atoms with Gasteiger partial charge in [-0.25, -0.2) is 0 Å². The molecule has 2 N–H and O–H groups in total. The molecule has 1 unspecified atom stereocenters. The average Bonchev–Trinajstić information content (AvgIpc) is 3.11. The maximum absolute atomic E-state index is 12.6. The van der Waals surface area contributed by atoms with Crippen molar-refractivity contribution in [2.24, 2.45) is 7.05 Å². The minimum absolute atomic E-state index is 0.0800. The topological polar surface area (TPSA) is 137 Å². The molecule has 0 aromatic carbocycles. The molecule has 0 saturated heterocycles. The quantitative estimate of drug-likeness (QED) is 0.584. The molecule has 134 valence electrons. The van der Waals surface area contributed by atoms with Gasteiger partial charge in [-0.2, -0.15) is 9.78 Å². The first-order chi connectivity index (χ1) is 11.8.